The van der Waals surface area contributed by atoms with Crippen molar-refractivity contribution in [2.75, 3.05) is 18.4 Å². The van der Waals surface area contributed by atoms with E-state index in [1.54, 1.807) is 0 Å². The van der Waals surface area contributed by atoms with Gasteiger partial charge >= 0.3 is 11.9 Å². The molecule has 0 amide bonds. The van der Waals surface area contributed by atoms with Crippen molar-refractivity contribution < 1.29 is 19.8 Å². The molecule has 1 aromatic carbocycles. The Morgan fingerprint density at radius 2 is 1.72 bits per heavy atom. The summed E-state index contributed by atoms with van der Waals surface area (Å²) in [6, 6.07) is 8.39. The van der Waals surface area contributed by atoms with Crippen LogP contribution < -0.4 is 11.1 Å². The number of carboxylic acids is 2. The highest BCUT2D eigenvalue weighted by atomic mass is 16.4. The second-order valence-electron chi connectivity index (χ2n) is 11.0. The number of benzene rings is 1. The van der Waals surface area contributed by atoms with E-state index in [2.05, 4.69) is 31.3 Å². The van der Waals surface area contributed by atoms with Crippen LogP contribution in [0, 0.1) is 22.7 Å². The molecule has 0 heterocycles. The van der Waals surface area contributed by atoms with Crippen LogP contribution in [-0.2, 0) is 9.59 Å². The first kappa shape index (κ1) is 24.6. The van der Waals surface area contributed by atoms with Crippen LogP contribution in [0.3, 0.4) is 0 Å². The molecule has 3 rings (SSSR count). The normalized spacial score (nSPS) is 32.9. The first-order valence-corrected chi connectivity index (χ1v) is 12.1. The number of aliphatic carboxylic acids is 2. The van der Waals surface area contributed by atoms with E-state index in [0.717, 1.165) is 50.6 Å². The summed E-state index contributed by atoms with van der Waals surface area (Å²) in [5, 5.41) is 22.5. The zero-order chi connectivity index (χ0) is 23.4. The minimum atomic E-state index is -0.772. The van der Waals surface area contributed by atoms with Gasteiger partial charge in [0.25, 0.3) is 0 Å². The highest BCUT2D eigenvalue weighted by Crippen LogP contribution is 2.47. The fourth-order valence-electron chi connectivity index (χ4n) is 6.75. The van der Waals surface area contributed by atoms with Crippen LogP contribution in [0.25, 0.3) is 0 Å². The molecule has 4 atom stereocenters. The maximum Gasteiger partial charge on any atom is 0.303 e. The molecule has 2 aliphatic carbocycles. The van der Waals surface area contributed by atoms with Crippen molar-refractivity contribution in [2.45, 2.75) is 77.6 Å². The standard InChI is InChI=1S/C26H40N2O4/c1-18-9-19(2)12-26(11-18,15-24(31)32)17-28-22-7-3-5-20(10-22)21-6-4-8-25(13-21,16-27)14-23(29)30/h3,5,7,10,18-19,21,28H,4,6,8-9,11-17,27H2,1-2H3,(H,29,30)(H,31,32)/t18-,19-,21+,25-/m0/s1. The topological polar surface area (TPSA) is 113 Å². The Bertz CT molecular complexity index is 801. The molecular formula is C26H40N2O4. The van der Waals surface area contributed by atoms with E-state index in [9.17, 15) is 19.8 Å². The van der Waals surface area contributed by atoms with Gasteiger partial charge in [-0.2, -0.15) is 0 Å². The van der Waals surface area contributed by atoms with Crippen LogP contribution in [0.15, 0.2) is 24.3 Å². The quantitative estimate of drug-likeness (QED) is 0.422. The maximum atomic E-state index is 11.6. The third-order valence-electron chi connectivity index (χ3n) is 7.82. The van der Waals surface area contributed by atoms with Gasteiger partial charge in [0.05, 0.1) is 12.8 Å². The van der Waals surface area contributed by atoms with Crippen molar-refractivity contribution in [1.29, 1.82) is 0 Å². The molecule has 0 spiro atoms. The van der Waals surface area contributed by atoms with Gasteiger partial charge in [-0.05, 0) is 91.3 Å². The van der Waals surface area contributed by atoms with Crippen LogP contribution in [0.4, 0.5) is 5.69 Å². The molecule has 2 aliphatic rings. The zero-order valence-electron chi connectivity index (χ0n) is 19.6. The van der Waals surface area contributed by atoms with Crippen molar-refractivity contribution in [1.82, 2.24) is 0 Å². The number of carbonyl (C=O) groups is 2. The van der Waals surface area contributed by atoms with Gasteiger partial charge in [-0.15, -0.1) is 0 Å². The lowest BCUT2D eigenvalue weighted by atomic mass is 9.64. The molecule has 32 heavy (non-hydrogen) atoms. The fraction of sp³-hybridized carbons (Fsp3) is 0.692. The monoisotopic (exact) mass is 444 g/mol. The summed E-state index contributed by atoms with van der Waals surface area (Å²) in [6.45, 7) is 5.53. The summed E-state index contributed by atoms with van der Waals surface area (Å²) in [5.41, 5.74) is 7.73. The molecule has 0 unspecified atom stereocenters. The first-order valence-electron chi connectivity index (χ1n) is 12.1. The summed E-state index contributed by atoms with van der Waals surface area (Å²) < 4.78 is 0. The number of rotatable bonds is 9. The van der Waals surface area contributed by atoms with Crippen molar-refractivity contribution in [3.8, 4) is 0 Å². The second-order valence-corrected chi connectivity index (χ2v) is 11.0. The van der Waals surface area contributed by atoms with Gasteiger partial charge in [0.1, 0.15) is 0 Å². The number of nitrogens with two attached hydrogens (primary N) is 1. The Kier molecular flexibility index (Phi) is 7.86. The molecule has 2 fully saturated rings. The van der Waals surface area contributed by atoms with Crippen LogP contribution in [0.1, 0.15) is 83.1 Å². The van der Waals surface area contributed by atoms with Gasteiger partial charge in [-0.25, -0.2) is 0 Å². The molecule has 0 bridgehead atoms. The van der Waals surface area contributed by atoms with Crippen molar-refractivity contribution in [3.05, 3.63) is 29.8 Å². The molecule has 178 valence electrons. The van der Waals surface area contributed by atoms with Gasteiger partial charge in [-0.1, -0.05) is 32.4 Å². The Balaban J connectivity index is 1.72. The second kappa shape index (κ2) is 10.2. The molecule has 1 aromatic rings. The van der Waals surface area contributed by atoms with Gasteiger partial charge in [-0.3, -0.25) is 9.59 Å². The summed E-state index contributed by atoms with van der Waals surface area (Å²) in [7, 11) is 0. The highest BCUT2D eigenvalue weighted by molar-refractivity contribution is 5.68. The lowest BCUT2D eigenvalue weighted by Crippen LogP contribution is -2.39. The van der Waals surface area contributed by atoms with Gasteiger partial charge < -0.3 is 21.3 Å². The molecule has 6 nitrogen and oxygen atoms in total. The maximum absolute atomic E-state index is 11.6. The van der Waals surface area contributed by atoms with Gasteiger partial charge in [0.2, 0.25) is 0 Å². The minimum absolute atomic E-state index is 0.131. The summed E-state index contributed by atoms with van der Waals surface area (Å²) in [4.78, 5) is 23.1. The predicted octanol–water partition coefficient (Wildman–Crippen LogP) is 5.09. The van der Waals surface area contributed by atoms with E-state index < -0.39 is 11.9 Å². The minimum Gasteiger partial charge on any atom is -0.481 e. The SMILES string of the molecule is C[C@H]1C[C@H](C)CC(CNc2cccc([C@@H]3CCC[C@@](CN)(CC(=O)O)C3)c2)(CC(=O)O)C1. The van der Waals surface area contributed by atoms with Gasteiger partial charge in [0.15, 0.2) is 0 Å². The van der Waals surface area contributed by atoms with Crippen LogP contribution >= 0.6 is 0 Å². The Morgan fingerprint density at radius 3 is 2.34 bits per heavy atom. The van der Waals surface area contributed by atoms with E-state index in [1.165, 1.54) is 5.56 Å². The van der Waals surface area contributed by atoms with E-state index in [4.69, 9.17) is 5.73 Å². The van der Waals surface area contributed by atoms with Crippen molar-refractivity contribution in [3.63, 3.8) is 0 Å². The van der Waals surface area contributed by atoms with Crippen LogP contribution in [-0.4, -0.2) is 35.2 Å². The van der Waals surface area contributed by atoms with E-state index >= 15 is 0 Å². The average molecular weight is 445 g/mol. The van der Waals surface area contributed by atoms with Crippen LogP contribution in [0.2, 0.25) is 0 Å². The molecule has 0 aromatic heterocycles. The van der Waals surface area contributed by atoms with E-state index in [-0.39, 0.29) is 23.7 Å². The smallest absolute Gasteiger partial charge is 0.303 e. The summed E-state index contributed by atoms with van der Waals surface area (Å²) in [6.07, 6.45) is 7.08. The fourth-order valence-corrected chi connectivity index (χ4v) is 6.75. The lowest BCUT2D eigenvalue weighted by molar-refractivity contribution is -0.141. The van der Waals surface area contributed by atoms with Crippen LogP contribution in [0.5, 0.6) is 0 Å². The van der Waals surface area contributed by atoms with E-state index in [0.29, 0.717) is 30.8 Å². The molecule has 2 saturated carbocycles. The Hall–Kier alpha value is -2.08. The molecule has 6 heteroatoms. The number of hydrogen-bond donors (Lipinski definition) is 4. The van der Waals surface area contributed by atoms with E-state index in [1.807, 2.05) is 12.1 Å². The molecule has 0 radical (unpaired) electrons. The zero-order valence-corrected chi connectivity index (χ0v) is 19.6. The number of carboxylic acid groups (broad SMARTS) is 2. The number of nitrogens with one attached hydrogen (secondary N) is 1. The molecular weight excluding hydrogens is 404 g/mol. The molecule has 0 saturated heterocycles. The molecule has 0 aliphatic heterocycles. The summed E-state index contributed by atoms with van der Waals surface area (Å²) in [5.74, 6) is -0.123. The van der Waals surface area contributed by atoms with Gasteiger partial charge in [0, 0.05) is 12.2 Å². The highest BCUT2D eigenvalue weighted by Gasteiger charge is 2.40. The molecule has 5 N–H and O–H groups in total. The first-order chi connectivity index (χ1) is 15.1. The largest absolute Gasteiger partial charge is 0.481 e. The summed E-state index contributed by atoms with van der Waals surface area (Å²) >= 11 is 0. The number of anilines is 1. The average Bonchev–Trinajstić information content (AvgIpc) is 2.71. The third-order valence-corrected chi connectivity index (χ3v) is 7.82. The Labute approximate surface area is 192 Å². The third kappa shape index (κ3) is 6.25. The van der Waals surface area contributed by atoms with Crippen molar-refractivity contribution >= 4 is 17.6 Å². The Morgan fingerprint density at radius 1 is 1.06 bits per heavy atom. The lowest BCUT2D eigenvalue weighted by Gasteiger charge is -2.42. The predicted molar refractivity (Wildman–Crippen MR) is 127 cm³/mol. The van der Waals surface area contributed by atoms with Crippen molar-refractivity contribution in [2.24, 2.45) is 28.4 Å². The number of hydrogen-bond acceptors (Lipinski definition) is 4.